The van der Waals surface area contributed by atoms with Gasteiger partial charge in [-0.05, 0) is 49.4 Å². The van der Waals surface area contributed by atoms with Gasteiger partial charge in [0, 0.05) is 0 Å². The van der Waals surface area contributed by atoms with Gasteiger partial charge in [-0.15, -0.1) is 0 Å². The molecule has 4 heteroatoms. The first-order valence-corrected chi connectivity index (χ1v) is 8.99. The highest BCUT2D eigenvalue weighted by atomic mass is 16.5. The summed E-state index contributed by atoms with van der Waals surface area (Å²) in [6, 6.07) is 16.0. The van der Waals surface area contributed by atoms with Gasteiger partial charge in [0.25, 0.3) is 0 Å². The molecule has 2 aromatic rings. The Morgan fingerprint density at radius 2 is 1.80 bits per heavy atom. The van der Waals surface area contributed by atoms with E-state index in [4.69, 9.17) is 9.47 Å². The summed E-state index contributed by atoms with van der Waals surface area (Å²) in [4.78, 5) is 12.3. The number of benzene rings is 2. The number of para-hydroxylation sites is 2. The molecule has 1 aliphatic carbocycles. The second-order valence-corrected chi connectivity index (χ2v) is 6.19. The van der Waals surface area contributed by atoms with Crippen LogP contribution in [0.1, 0.15) is 43.4 Å². The molecule has 0 saturated heterocycles. The predicted octanol–water partition coefficient (Wildman–Crippen LogP) is 4.05. The van der Waals surface area contributed by atoms with Gasteiger partial charge >= 0.3 is 0 Å². The summed E-state index contributed by atoms with van der Waals surface area (Å²) >= 11 is 0. The third-order valence-electron chi connectivity index (χ3n) is 4.44. The van der Waals surface area contributed by atoms with Crippen molar-refractivity contribution in [1.29, 1.82) is 0 Å². The average molecular weight is 339 g/mol. The van der Waals surface area contributed by atoms with E-state index in [0.29, 0.717) is 31.1 Å². The molecule has 0 radical (unpaired) electrons. The van der Waals surface area contributed by atoms with Gasteiger partial charge in [0.15, 0.2) is 11.5 Å². The Balaban J connectivity index is 1.51. The van der Waals surface area contributed by atoms with E-state index >= 15 is 0 Å². The minimum Gasteiger partial charge on any atom is -0.490 e. The third kappa shape index (κ3) is 4.53. The predicted molar refractivity (Wildman–Crippen MR) is 98.0 cm³/mol. The van der Waals surface area contributed by atoms with Crippen LogP contribution in [0.15, 0.2) is 48.5 Å². The normalized spacial score (nSPS) is 16.0. The summed E-state index contributed by atoms with van der Waals surface area (Å²) in [6.45, 7) is 2.86. The fourth-order valence-corrected chi connectivity index (χ4v) is 3.27. The lowest BCUT2D eigenvalue weighted by Crippen LogP contribution is -2.31. The fraction of sp³-hybridized carbons (Fsp3) is 0.381. The molecular weight excluding hydrogens is 314 g/mol. The molecule has 1 atom stereocenters. The third-order valence-corrected chi connectivity index (χ3v) is 4.44. The molecule has 4 nitrogen and oxygen atoms in total. The van der Waals surface area contributed by atoms with Gasteiger partial charge in [-0.1, -0.05) is 36.4 Å². The molecule has 2 aromatic carbocycles. The highest BCUT2D eigenvalue weighted by molar-refractivity contribution is 5.76. The molecule has 25 heavy (non-hydrogen) atoms. The molecular formula is C21H25NO3. The van der Waals surface area contributed by atoms with Crippen molar-refractivity contribution in [2.75, 3.05) is 13.2 Å². The summed E-state index contributed by atoms with van der Waals surface area (Å²) in [6.07, 6.45) is 3.54. The van der Waals surface area contributed by atoms with Gasteiger partial charge in [0.05, 0.1) is 25.7 Å². The zero-order valence-corrected chi connectivity index (χ0v) is 14.7. The van der Waals surface area contributed by atoms with Crippen LogP contribution in [0.5, 0.6) is 11.5 Å². The fourth-order valence-electron chi connectivity index (χ4n) is 3.27. The van der Waals surface area contributed by atoms with Crippen molar-refractivity contribution in [3.63, 3.8) is 0 Å². The number of aryl methyl sites for hydroxylation is 1. The number of hydrogen-bond acceptors (Lipinski definition) is 3. The molecule has 0 bridgehead atoms. The van der Waals surface area contributed by atoms with Crippen molar-refractivity contribution in [1.82, 2.24) is 5.32 Å². The quantitative estimate of drug-likeness (QED) is 0.828. The van der Waals surface area contributed by atoms with Crippen LogP contribution in [-0.2, 0) is 11.2 Å². The molecule has 1 aliphatic rings. The van der Waals surface area contributed by atoms with E-state index in [9.17, 15) is 4.79 Å². The van der Waals surface area contributed by atoms with Gasteiger partial charge < -0.3 is 14.8 Å². The second kappa shape index (κ2) is 8.56. The van der Waals surface area contributed by atoms with Gasteiger partial charge in [0.2, 0.25) is 5.91 Å². The minimum absolute atomic E-state index is 0.0237. The van der Waals surface area contributed by atoms with Crippen LogP contribution in [-0.4, -0.2) is 19.1 Å². The monoisotopic (exact) mass is 339 g/mol. The Morgan fingerprint density at radius 3 is 2.60 bits per heavy atom. The Bertz CT molecular complexity index is 714. The van der Waals surface area contributed by atoms with Crippen LogP contribution in [0, 0.1) is 0 Å². The molecule has 0 heterocycles. The number of ether oxygens (including phenoxy) is 2. The molecule has 132 valence electrons. The zero-order chi connectivity index (χ0) is 17.5. The summed E-state index contributed by atoms with van der Waals surface area (Å²) in [5, 5.41) is 3.15. The van der Waals surface area contributed by atoms with Gasteiger partial charge in [-0.25, -0.2) is 0 Å². The van der Waals surface area contributed by atoms with Crippen LogP contribution in [0.25, 0.3) is 0 Å². The maximum Gasteiger partial charge on any atom is 0.223 e. The Hall–Kier alpha value is -2.49. The van der Waals surface area contributed by atoms with Crippen LogP contribution >= 0.6 is 0 Å². The van der Waals surface area contributed by atoms with E-state index in [1.54, 1.807) is 0 Å². The number of amides is 1. The Labute approximate surface area is 149 Å². The largest absolute Gasteiger partial charge is 0.490 e. The number of nitrogens with one attached hydrogen (secondary N) is 1. The van der Waals surface area contributed by atoms with Crippen molar-refractivity contribution in [2.24, 2.45) is 0 Å². The first kappa shape index (κ1) is 17.3. The molecule has 0 unspecified atom stereocenters. The number of rotatable bonds is 7. The van der Waals surface area contributed by atoms with Crippen LogP contribution in [0.2, 0.25) is 0 Å². The first-order chi connectivity index (χ1) is 12.3. The lowest BCUT2D eigenvalue weighted by Gasteiger charge is -2.26. The molecule has 0 saturated carbocycles. The van der Waals surface area contributed by atoms with Crippen molar-refractivity contribution < 1.29 is 14.3 Å². The van der Waals surface area contributed by atoms with Gasteiger partial charge in [-0.3, -0.25) is 4.79 Å². The summed E-state index contributed by atoms with van der Waals surface area (Å²) in [7, 11) is 0. The van der Waals surface area contributed by atoms with Crippen LogP contribution in [0.4, 0.5) is 0 Å². The maximum atomic E-state index is 12.3. The van der Waals surface area contributed by atoms with Gasteiger partial charge in [0.1, 0.15) is 0 Å². The number of hydrogen-bond donors (Lipinski definition) is 1. The van der Waals surface area contributed by atoms with Crippen molar-refractivity contribution >= 4 is 5.91 Å². The SMILES string of the molecule is CCOc1ccccc1OCCC(=O)N[C@H]1CCCc2ccccc21. The van der Waals surface area contributed by atoms with E-state index in [2.05, 4.69) is 23.5 Å². The second-order valence-electron chi connectivity index (χ2n) is 6.19. The van der Waals surface area contributed by atoms with Crippen molar-refractivity contribution in [3.05, 3.63) is 59.7 Å². The van der Waals surface area contributed by atoms with Crippen molar-refractivity contribution in [2.45, 2.75) is 38.6 Å². The lowest BCUT2D eigenvalue weighted by molar-refractivity contribution is -0.122. The molecule has 3 rings (SSSR count). The number of fused-ring (bicyclic) bond motifs is 1. The van der Waals surface area contributed by atoms with Crippen LogP contribution < -0.4 is 14.8 Å². The standard InChI is InChI=1S/C21H25NO3/c1-2-24-19-12-5-6-13-20(19)25-15-14-21(23)22-18-11-7-9-16-8-3-4-10-17(16)18/h3-6,8,10,12-13,18H,2,7,9,11,14-15H2,1H3,(H,22,23)/t18-/m0/s1. The van der Waals surface area contributed by atoms with Crippen LogP contribution in [0.3, 0.4) is 0 Å². The smallest absolute Gasteiger partial charge is 0.223 e. The lowest BCUT2D eigenvalue weighted by atomic mass is 9.88. The van der Waals surface area contributed by atoms with E-state index in [1.807, 2.05) is 37.3 Å². The van der Waals surface area contributed by atoms with E-state index in [-0.39, 0.29) is 11.9 Å². The van der Waals surface area contributed by atoms with E-state index < -0.39 is 0 Å². The summed E-state index contributed by atoms with van der Waals surface area (Å²) in [5.41, 5.74) is 2.60. The maximum absolute atomic E-state index is 12.3. The molecule has 1 amide bonds. The Kier molecular flexibility index (Phi) is 5.94. The highest BCUT2D eigenvalue weighted by Gasteiger charge is 2.21. The van der Waals surface area contributed by atoms with Gasteiger partial charge in [-0.2, -0.15) is 0 Å². The molecule has 0 aliphatic heterocycles. The average Bonchev–Trinajstić information content (AvgIpc) is 2.64. The first-order valence-electron chi connectivity index (χ1n) is 8.99. The minimum atomic E-state index is 0.0237. The number of carbonyl (C=O) groups is 1. The molecule has 0 aromatic heterocycles. The van der Waals surface area contributed by atoms with E-state index in [1.165, 1.54) is 11.1 Å². The number of carbonyl (C=O) groups excluding carboxylic acids is 1. The Morgan fingerprint density at radius 1 is 1.08 bits per heavy atom. The zero-order valence-electron chi connectivity index (χ0n) is 14.7. The highest BCUT2D eigenvalue weighted by Crippen LogP contribution is 2.29. The van der Waals surface area contributed by atoms with Crippen molar-refractivity contribution in [3.8, 4) is 11.5 Å². The summed E-state index contributed by atoms with van der Waals surface area (Å²) < 4.78 is 11.3. The van der Waals surface area contributed by atoms with E-state index in [0.717, 1.165) is 19.3 Å². The molecule has 1 N–H and O–H groups in total. The summed E-state index contributed by atoms with van der Waals surface area (Å²) in [5.74, 6) is 1.42. The molecule has 0 spiro atoms. The topological polar surface area (TPSA) is 47.6 Å². The molecule has 0 fully saturated rings.